The van der Waals surface area contributed by atoms with Crippen LogP contribution in [0, 0.1) is 0 Å². The fourth-order valence-corrected chi connectivity index (χ4v) is 3.75. The molecular weight excluding hydrogens is 356 g/mol. The van der Waals surface area contributed by atoms with Crippen LogP contribution in [0.2, 0.25) is 0 Å². The number of aliphatic imine (C=N–C) groups is 1. The average Bonchev–Trinajstić information content (AvgIpc) is 2.44. The Bertz CT molecular complexity index is 697. The lowest BCUT2D eigenvalue weighted by atomic mass is 9.90. The highest BCUT2D eigenvalue weighted by molar-refractivity contribution is 8.15. The number of rotatable bonds is 3. The average molecular weight is 376 g/mol. The molecule has 2 unspecified atom stereocenters. The number of nitrogens with one attached hydrogen (secondary N) is 1. The fraction of sp³-hybridized carbons (Fsp3) is 0.529. The molecule has 0 aromatic heterocycles. The van der Waals surface area contributed by atoms with E-state index >= 15 is 0 Å². The van der Waals surface area contributed by atoms with Gasteiger partial charge in [-0.1, -0.05) is 30.0 Å². The number of thioether (sulfide) groups is 1. The van der Waals surface area contributed by atoms with Gasteiger partial charge in [-0.25, -0.2) is 4.39 Å². The van der Waals surface area contributed by atoms with E-state index in [2.05, 4.69) is 10.3 Å². The van der Waals surface area contributed by atoms with Crippen molar-refractivity contribution in [2.45, 2.75) is 56.7 Å². The highest BCUT2D eigenvalue weighted by Gasteiger charge is 2.48. The summed E-state index contributed by atoms with van der Waals surface area (Å²) in [6.45, 7) is 5.87. The van der Waals surface area contributed by atoms with E-state index in [-0.39, 0.29) is 17.2 Å². The molecule has 2 atom stereocenters. The molecule has 1 fully saturated rings. The van der Waals surface area contributed by atoms with Crippen molar-refractivity contribution in [3.05, 3.63) is 35.4 Å². The van der Waals surface area contributed by atoms with Gasteiger partial charge in [-0.15, -0.1) is 0 Å². The summed E-state index contributed by atoms with van der Waals surface area (Å²) in [5.74, 6) is -0.401. The largest absolute Gasteiger partial charge is 0.416 e. The van der Waals surface area contributed by atoms with Crippen molar-refractivity contribution in [1.29, 1.82) is 0 Å². The van der Waals surface area contributed by atoms with Gasteiger partial charge in [0.2, 0.25) is 5.91 Å². The molecule has 1 amide bonds. The number of carbonyl (C=O) groups excluding carboxylic acids is 1. The first-order valence-corrected chi connectivity index (χ1v) is 8.57. The summed E-state index contributed by atoms with van der Waals surface area (Å²) in [6.07, 6.45) is -4.53. The molecular formula is C17H20F4N2OS. The van der Waals surface area contributed by atoms with Crippen LogP contribution in [-0.4, -0.2) is 21.5 Å². The van der Waals surface area contributed by atoms with Crippen LogP contribution in [0.25, 0.3) is 0 Å². The van der Waals surface area contributed by atoms with Crippen LogP contribution in [0.1, 0.15) is 51.3 Å². The van der Waals surface area contributed by atoms with Crippen LogP contribution in [0.3, 0.4) is 0 Å². The van der Waals surface area contributed by atoms with Gasteiger partial charge in [-0.2, -0.15) is 13.2 Å². The molecule has 8 heteroatoms. The molecule has 1 saturated heterocycles. The van der Waals surface area contributed by atoms with E-state index in [0.29, 0.717) is 0 Å². The van der Waals surface area contributed by atoms with Gasteiger partial charge in [-0.05, 0) is 39.3 Å². The number of amidine groups is 1. The Morgan fingerprint density at radius 2 is 1.84 bits per heavy atom. The van der Waals surface area contributed by atoms with Crippen LogP contribution in [0.5, 0.6) is 0 Å². The minimum atomic E-state index is -4.50. The quantitative estimate of drug-likeness (QED) is 0.764. The molecule has 1 aromatic carbocycles. The van der Waals surface area contributed by atoms with Gasteiger partial charge in [0, 0.05) is 6.42 Å². The number of amides is 1. The van der Waals surface area contributed by atoms with Crippen molar-refractivity contribution in [3.63, 3.8) is 0 Å². The molecule has 0 saturated carbocycles. The minimum absolute atomic E-state index is 0.00383. The lowest BCUT2D eigenvalue weighted by Gasteiger charge is -2.40. The summed E-state index contributed by atoms with van der Waals surface area (Å²) in [6, 6.07) is 4.32. The summed E-state index contributed by atoms with van der Waals surface area (Å²) < 4.78 is 52.9. The van der Waals surface area contributed by atoms with Crippen LogP contribution in [0.4, 0.5) is 17.6 Å². The fourth-order valence-electron chi connectivity index (χ4n) is 2.50. The van der Waals surface area contributed by atoms with E-state index in [1.165, 1.54) is 39.0 Å². The van der Waals surface area contributed by atoms with E-state index < -0.39 is 34.1 Å². The van der Waals surface area contributed by atoms with E-state index in [1.54, 1.807) is 6.92 Å². The monoisotopic (exact) mass is 376 g/mol. The predicted molar refractivity (Wildman–Crippen MR) is 91.2 cm³/mol. The van der Waals surface area contributed by atoms with Crippen LogP contribution >= 0.6 is 11.8 Å². The lowest BCUT2D eigenvalue weighted by Crippen LogP contribution is -2.52. The highest BCUT2D eigenvalue weighted by Crippen LogP contribution is 2.44. The molecule has 3 nitrogen and oxygen atoms in total. The second-order valence-electron chi connectivity index (χ2n) is 6.73. The molecule has 2 rings (SSSR count). The smallest absolute Gasteiger partial charge is 0.305 e. The Kier molecular flexibility index (Phi) is 5.23. The molecule has 1 heterocycles. The first kappa shape index (κ1) is 19.8. The van der Waals surface area contributed by atoms with Gasteiger partial charge in [0.25, 0.3) is 0 Å². The second-order valence-corrected chi connectivity index (χ2v) is 8.22. The SMILES string of the molecule is CC(N=C1NC(=O)CC(C)(C(C)(C)F)S1)c1ccccc1C(F)(F)F. The maximum absolute atomic E-state index is 14.5. The van der Waals surface area contributed by atoms with Crippen molar-refractivity contribution in [2.75, 3.05) is 0 Å². The summed E-state index contributed by atoms with van der Waals surface area (Å²) in [7, 11) is 0. The first-order chi connectivity index (χ1) is 11.3. The Morgan fingerprint density at radius 1 is 1.24 bits per heavy atom. The van der Waals surface area contributed by atoms with E-state index in [4.69, 9.17) is 0 Å². The molecule has 1 aliphatic heterocycles. The maximum atomic E-state index is 14.5. The molecule has 1 aromatic rings. The number of alkyl halides is 4. The summed E-state index contributed by atoms with van der Waals surface area (Å²) >= 11 is 1.04. The predicted octanol–water partition coefficient (Wildman–Crippen LogP) is 4.88. The van der Waals surface area contributed by atoms with E-state index in [0.717, 1.165) is 17.8 Å². The molecule has 0 radical (unpaired) electrons. The summed E-state index contributed by atoms with van der Waals surface area (Å²) in [4.78, 5) is 16.1. The topological polar surface area (TPSA) is 41.5 Å². The third-order valence-corrected chi connectivity index (χ3v) is 5.83. The minimum Gasteiger partial charge on any atom is -0.305 e. The Morgan fingerprint density at radius 3 is 2.40 bits per heavy atom. The van der Waals surface area contributed by atoms with Gasteiger partial charge >= 0.3 is 6.18 Å². The van der Waals surface area contributed by atoms with Crippen LogP contribution in [-0.2, 0) is 11.0 Å². The zero-order valence-electron chi connectivity index (χ0n) is 14.4. The summed E-state index contributed by atoms with van der Waals surface area (Å²) in [5, 5.41) is 2.66. The highest BCUT2D eigenvalue weighted by atomic mass is 32.2. The lowest BCUT2D eigenvalue weighted by molar-refractivity contribution is -0.138. The zero-order valence-corrected chi connectivity index (χ0v) is 15.2. The third-order valence-electron chi connectivity index (χ3n) is 4.35. The van der Waals surface area contributed by atoms with E-state index in [9.17, 15) is 22.4 Å². The molecule has 0 spiro atoms. The molecule has 1 N–H and O–H groups in total. The Labute approximate surface area is 148 Å². The van der Waals surface area contributed by atoms with Gasteiger partial charge in [-0.3, -0.25) is 9.79 Å². The maximum Gasteiger partial charge on any atom is 0.416 e. The number of halogens is 4. The molecule has 0 aliphatic carbocycles. The van der Waals surface area contributed by atoms with Crippen LogP contribution < -0.4 is 5.32 Å². The Hall–Kier alpha value is -1.57. The second kappa shape index (κ2) is 6.63. The Balaban J connectivity index is 2.36. The van der Waals surface area contributed by atoms with Crippen molar-refractivity contribution >= 4 is 22.8 Å². The van der Waals surface area contributed by atoms with Gasteiger partial charge < -0.3 is 5.32 Å². The number of nitrogens with zero attached hydrogens (tertiary/aromatic N) is 1. The first-order valence-electron chi connectivity index (χ1n) is 7.75. The van der Waals surface area contributed by atoms with Crippen LogP contribution in [0.15, 0.2) is 29.3 Å². The number of hydrogen-bond acceptors (Lipinski definition) is 3. The van der Waals surface area contributed by atoms with Crippen molar-refractivity contribution in [3.8, 4) is 0 Å². The number of benzene rings is 1. The summed E-state index contributed by atoms with van der Waals surface area (Å²) in [5.41, 5.74) is -2.43. The zero-order chi connectivity index (χ0) is 19.0. The molecule has 25 heavy (non-hydrogen) atoms. The standard InChI is InChI=1S/C17H20F4N2OS/c1-10(11-7-5-6-8-12(11)17(19,20)21)22-14-23-13(24)9-16(4,25-14)15(2,3)18/h5-8,10H,9H2,1-4H3,(H,22,23,24). The number of carbonyl (C=O) groups is 1. The van der Waals surface area contributed by atoms with Crippen molar-refractivity contribution in [2.24, 2.45) is 4.99 Å². The van der Waals surface area contributed by atoms with E-state index in [1.807, 2.05) is 0 Å². The molecule has 1 aliphatic rings. The third kappa shape index (κ3) is 4.34. The van der Waals surface area contributed by atoms with Gasteiger partial charge in [0.05, 0.1) is 16.4 Å². The number of hydrogen-bond donors (Lipinski definition) is 1. The normalized spacial score (nSPS) is 25.0. The van der Waals surface area contributed by atoms with Gasteiger partial charge in [0.15, 0.2) is 5.17 Å². The molecule has 0 bridgehead atoms. The van der Waals surface area contributed by atoms with Gasteiger partial charge in [0.1, 0.15) is 5.67 Å². The van der Waals surface area contributed by atoms with Crippen molar-refractivity contribution in [1.82, 2.24) is 5.32 Å². The molecule has 138 valence electrons. The van der Waals surface area contributed by atoms with Crippen molar-refractivity contribution < 1.29 is 22.4 Å².